The Labute approximate surface area is 106 Å². The van der Waals surface area contributed by atoms with Crippen molar-refractivity contribution in [2.75, 3.05) is 19.7 Å². The first-order valence-corrected chi connectivity index (χ1v) is 6.01. The number of hydrogen-bond acceptors (Lipinski definition) is 3. The molecule has 4 heteroatoms. The fourth-order valence-corrected chi connectivity index (χ4v) is 2.00. The normalized spacial score (nSPS) is 16.1. The molecule has 0 unspecified atom stereocenters. The maximum atomic E-state index is 13.7. The van der Waals surface area contributed by atoms with Gasteiger partial charge >= 0.3 is 5.97 Å². The topological polar surface area (TPSA) is 29.5 Å². The maximum Gasteiger partial charge on any atom is 0.338 e. The molecule has 1 aliphatic heterocycles. The molecule has 1 aromatic carbocycles. The number of hydrogen-bond donors (Lipinski definition) is 0. The highest BCUT2D eigenvalue weighted by atomic mass is 19.1. The predicted octanol–water partition coefficient (Wildman–Crippen LogP) is 2.29. The van der Waals surface area contributed by atoms with Crippen molar-refractivity contribution in [3.8, 4) is 0 Å². The number of carbonyl (C=O) groups excluding carboxylic acids is 1. The summed E-state index contributed by atoms with van der Waals surface area (Å²) in [5, 5.41) is 0. The molecule has 0 aromatic heterocycles. The number of halogens is 1. The smallest absolute Gasteiger partial charge is 0.338 e. The van der Waals surface area contributed by atoms with E-state index in [1.807, 2.05) is 35.2 Å². The Kier molecular flexibility index (Phi) is 4.10. The van der Waals surface area contributed by atoms with E-state index in [9.17, 15) is 9.18 Å². The highest BCUT2D eigenvalue weighted by Crippen LogP contribution is 2.21. The van der Waals surface area contributed by atoms with Crippen LogP contribution in [0.4, 0.5) is 4.39 Å². The predicted molar refractivity (Wildman–Crippen MR) is 66.5 cm³/mol. The van der Waals surface area contributed by atoms with Gasteiger partial charge in [0.15, 0.2) is 0 Å². The third-order valence-corrected chi connectivity index (χ3v) is 2.84. The van der Waals surface area contributed by atoms with Gasteiger partial charge in [0, 0.05) is 13.1 Å². The molecule has 96 valence electrons. The first kappa shape index (κ1) is 12.8. The van der Waals surface area contributed by atoms with Gasteiger partial charge in [0.2, 0.25) is 0 Å². The highest BCUT2D eigenvalue weighted by molar-refractivity contribution is 5.90. The van der Waals surface area contributed by atoms with Crippen molar-refractivity contribution in [3.05, 3.63) is 47.3 Å². The van der Waals surface area contributed by atoms with E-state index in [2.05, 4.69) is 0 Å². The van der Waals surface area contributed by atoms with Crippen LogP contribution < -0.4 is 0 Å². The van der Waals surface area contributed by atoms with Crippen molar-refractivity contribution in [2.24, 2.45) is 0 Å². The average Bonchev–Trinajstić information content (AvgIpc) is 2.72. The van der Waals surface area contributed by atoms with Gasteiger partial charge in [-0.2, -0.15) is 0 Å². The Morgan fingerprint density at radius 2 is 2.06 bits per heavy atom. The lowest BCUT2D eigenvalue weighted by Gasteiger charge is -2.15. The van der Waals surface area contributed by atoms with Crippen molar-refractivity contribution in [3.63, 3.8) is 0 Å². The lowest BCUT2D eigenvalue weighted by Crippen LogP contribution is -2.22. The molecular weight excluding hydrogens is 233 g/mol. The third kappa shape index (κ3) is 2.96. The van der Waals surface area contributed by atoms with Crippen LogP contribution in [0.3, 0.4) is 0 Å². The fourth-order valence-electron chi connectivity index (χ4n) is 2.00. The Balaban J connectivity index is 1.96. The molecule has 2 rings (SSSR count). The Morgan fingerprint density at radius 1 is 1.33 bits per heavy atom. The van der Waals surface area contributed by atoms with Crippen LogP contribution in [0.1, 0.15) is 12.5 Å². The minimum absolute atomic E-state index is 0.160. The van der Waals surface area contributed by atoms with Gasteiger partial charge in [-0.25, -0.2) is 9.18 Å². The number of rotatable bonds is 4. The van der Waals surface area contributed by atoms with Crippen LogP contribution in [0.25, 0.3) is 0 Å². The number of ether oxygens (including phenoxy) is 1. The van der Waals surface area contributed by atoms with E-state index in [0.717, 1.165) is 5.56 Å². The Morgan fingerprint density at radius 3 is 2.72 bits per heavy atom. The average molecular weight is 249 g/mol. The molecule has 0 radical (unpaired) electrons. The molecule has 0 spiro atoms. The zero-order valence-corrected chi connectivity index (χ0v) is 10.4. The molecule has 0 N–H and O–H groups in total. The van der Waals surface area contributed by atoms with Crippen molar-refractivity contribution >= 4 is 5.97 Å². The summed E-state index contributed by atoms with van der Waals surface area (Å²) in [6.45, 7) is 3.13. The van der Waals surface area contributed by atoms with E-state index in [4.69, 9.17) is 4.74 Å². The van der Waals surface area contributed by atoms with Gasteiger partial charge < -0.3 is 4.74 Å². The molecule has 3 nitrogen and oxygen atoms in total. The molecule has 0 amide bonds. The van der Waals surface area contributed by atoms with Crippen LogP contribution in [-0.4, -0.2) is 30.6 Å². The van der Waals surface area contributed by atoms with Crippen LogP contribution >= 0.6 is 0 Å². The van der Waals surface area contributed by atoms with Crippen LogP contribution in [0.5, 0.6) is 0 Å². The zero-order valence-electron chi connectivity index (χ0n) is 10.4. The van der Waals surface area contributed by atoms with Gasteiger partial charge in [-0.15, -0.1) is 0 Å². The molecular formula is C14H16FNO2. The second kappa shape index (κ2) is 5.78. The molecule has 1 heterocycles. The molecule has 1 aliphatic rings. The SMILES string of the molecule is CCOC(=O)C1=C(F)CN(Cc2ccccc2)C1. The largest absolute Gasteiger partial charge is 0.463 e. The summed E-state index contributed by atoms with van der Waals surface area (Å²) in [5.74, 6) is -0.907. The van der Waals surface area contributed by atoms with Crippen LogP contribution in [0, 0.1) is 0 Å². The summed E-state index contributed by atoms with van der Waals surface area (Å²) in [5.41, 5.74) is 1.27. The van der Waals surface area contributed by atoms with Gasteiger partial charge in [0.1, 0.15) is 5.83 Å². The second-order valence-electron chi connectivity index (χ2n) is 4.23. The second-order valence-corrected chi connectivity index (χ2v) is 4.23. The first-order valence-electron chi connectivity index (χ1n) is 6.01. The van der Waals surface area contributed by atoms with Gasteiger partial charge in [-0.3, -0.25) is 4.90 Å². The van der Waals surface area contributed by atoms with Gasteiger partial charge in [0.05, 0.1) is 18.7 Å². The van der Waals surface area contributed by atoms with Crippen LogP contribution in [0.15, 0.2) is 41.7 Å². The van der Waals surface area contributed by atoms with Crippen molar-refractivity contribution in [2.45, 2.75) is 13.5 Å². The van der Waals surface area contributed by atoms with Gasteiger partial charge in [0.25, 0.3) is 0 Å². The molecule has 0 bridgehead atoms. The zero-order chi connectivity index (χ0) is 13.0. The molecule has 18 heavy (non-hydrogen) atoms. The summed E-state index contributed by atoms with van der Waals surface area (Å²) in [6.07, 6.45) is 0. The summed E-state index contributed by atoms with van der Waals surface area (Å²) in [6, 6.07) is 9.81. The summed E-state index contributed by atoms with van der Waals surface area (Å²) < 4.78 is 18.5. The first-order chi connectivity index (χ1) is 8.70. The van der Waals surface area contributed by atoms with E-state index in [0.29, 0.717) is 13.1 Å². The fraction of sp³-hybridized carbons (Fsp3) is 0.357. The number of carbonyl (C=O) groups is 1. The molecule has 1 aromatic rings. The summed E-state index contributed by atoms with van der Waals surface area (Å²) in [7, 11) is 0. The maximum absolute atomic E-state index is 13.7. The van der Waals surface area contributed by atoms with Crippen molar-refractivity contribution in [1.29, 1.82) is 0 Å². The summed E-state index contributed by atoms with van der Waals surface area (Å²) in [4.78, 5) is 13.4. The van der Waals surface area contributed by atoms with Gasteiger partial charge in [-0.05, 0) is 12.5 Å². The van der Waals surface area contributed by atoms with E-state index in [1.165, 1.54) is 0 Å². The van der Waals surface area contributed by atoms with Gasteiger partial charge in [-0.1, -0.05) is 30.3 Å². The molecule has 0 aliphatic carbocycles. The molecule has 0 saturated carbocycles. The number of benzene rings is 1. The standard InChI is InChI=1S/C14H16FNO2/c1-2-18-14(17)12-9-16(10-13(12)15)8-11-6-4-3-5-7-11/h3-7H,2,8-10H2,1H3. The quantitative estimate of drug-likeness (QED) is 0.767. The molecule has 0 saturated heterocycles. The number of nitrogens with zero attached hydrogens (tertiary/aromatic N) is 1. The van der Waals surface area contributed by atoms with E-state index in [1.54, 1.807) is 6.92 Å². The van der Waals surface area contributed by atoms with Crippen molar-refractivity contribution in [1.82, 2.24) is 4.90 Å². The summed E-state index contributed by atoms with van der Waals surface area (Å²) >= 11 is 0. The molecule has 0 atom stereocenters. The van der Waals surface area contributed by atoms with E-state index >= 15 is 0 Å². The monoisotopic (exact) mass is 249 g/mol. The van der Waals surface area contributed by atoms with E-state index < -0.39 is 5.97 Å². The van der Waals surface area contributed by atoms with Crippen molar-refractivity contribution < 1.29 is 13.9 Å². The molecule has 0 fully saturated rings. The third-order valence-electron chi connectivity index (χ3n) is 2.84. The lowest BCUT2D eigenvalue weighted by molar-refractivity contribution is -0.138. The number of esters is 1. The van der Waals surface area contributed by atoms with E-state index in [-0.39, 0.29) is 24.6 Å². The lowest BCUT2D eigenvalue weighted by atomic mass is 10.2. The Hall–Kier alpha value is -1.68. The Bertz CT molecular complexity index is 456. The van der Waals surface area contributed by atoms with Crippen LogP contribution in [-0.2, 0) is 16.1 Å². The highest BCUT2D eigenvalue weighted by Gasteiger charge is 2.27. The van der Waals surface area contributed by atoms with Crippen LogP contribution in [0.2, 0.25) is 0 Å². The minimum atomic E-state index is -0.537. The minimum Gasteiger partial charge on any atom is -0.463 e.